The lowest BCUT2D eigenvalue weighted by Gasteiger charge is -2.31. The molecule has 7 nitrogen and oxygen atoms in total. The molecular weight excluding hydrogens is 382 g/mol. The van der Waals surface area contributed by atoms with E-state index in [0.717, 1.165) is 10.5 Å². The van der Waals surface area contributed by atoms with Crippen LogP contribution in [0.3, 0.4) is 0 Å². The Morgan fingerprint density at radius 2 is 1.60 bits per heavy atom. The summed E-state index contributed by atoms with van der Waals surface area (Å²) < 4.78 is 5.19. The summed E-state index contributed by atoms with van der Waals surface area (Å²) in [6.45, 7) is 14.1. The third kappa shape index (κ3) is 7.78. The SMILES string of the molecule is C#CN(C(=O)C(C)NC(=O)OC(C)(C)C)C(C(=O)NC(C)(C)C)c1ccc(C)cc1. The van der Waals surface area contributed by atoms with Crippen molar-refractivity contribution in [1.29, 1.82) is 0 Å². The molecule has 30 heavy (non-hydrogen) atoms. The third-order valence-electron chi connectivity index (χ3n) is 3.88. The van der Waals surface area contributed by atoms with Gasteiger partial charge in [0.1, 0.15) is 17.7 Å². The van der Waals surface area contributed by atoms with Crippen LogP contribution in [0.4, 0.5) is 4.79 Å². The lowest BCUT2D eigenvalue weighted by Crippen LogP contribution is -2.52. The number of hydrogen-bond acceptors (Lipinski definition) is 4. The summed E-state index contributed by atoms with van der Waals surface area (Å²) in [4.78, 5) is 39.2. The molecule has 0 heterocycles. The quantitative estimate of drug-likeness (QED) is 0.571. The van der Waals surface area contributed by atoms with Crippen LogP contribution in [-0.2, 0) is 14.3 Å². The fraction of sp³-hybridized carbons (Fsp3) is 0.522. The number of aryl methyl sites for hydroxylation is 1. The summed E-state index contributed by atoms with van der Waals surface area (Å²) in [7, 11) is 0. The molecule has 0 aliphatic rings. The Kier molecular flexibility index (Phi) is 8.06. The standard InChI is InChI=1S/C23H33N3O4/c1-10-26(20(28)16(3)24-21(29)30-23(7,8)9)18(19(27)25-22(4,5)6)17-13-11-15(2)12-14-17/h1,11-14,16,18H,2-9H3,(H,24,29)(H,25,27). The Bertz CT molecular complexity index is 811. The Morgan fingerprint density at radius 1 is 1.07 bits per heavy atom. The number of rotatable bonds is 5. The van der Waals surface area contributed by atoms with Crippen LogP contribution in [0.2, 0.25) is 0 Å². The highest BCUT2D eigenvalue weighted by Gasteiger charge is 2.35. The molecule has 0 saturated carbocycles. The van der Waals surface area contributed by atoms with Gasteiger partial charge in [-0.3, -0.25) is 14.5 Å². The predicted octanol–water partition coefficient (Wildman–Crippen LogP) is 3.28. The third-order valence-corrected chi connectivity index (χ3v) is 3.88. The maximum atomic E-state index is 13.1. The molecule has 0 saturated heterocycles. The summed E-state index contributed by atoms with van der Waals surface area (Å²) in [5.41, 5.74) is 0.338. The van der Waals surface area contributed by atoms with Gasteiger partial charge >= 0.3 is 6.09 Å². The highest BCUT2D eigenvalue weighted by atomic mass is 16.6. The fourth-order valence-corrected chi connectivity index (χ4v) is 2.62. The first-order valence-corrected chi connectivity index (χ1v) is 9.82. The topological polar surface area (TPSA) is 87.7 Å². The molecule has 3 amide bonds. The van der Waals surface area contributed by atoms with Crippen molar-refractivity contribution in [2.45, 2.75) is 78.6 Å². The Hall–Kier alpha value is -3.01. The van der Waals surface area contributed by atoms with Crippen LogP contribution in [0.15, 0.2) is 24.3 Å². The molecule has 0 fully saturated rings. The minimum Gasteiger partial charge on any atom is -0.444 e. The number of nitrogens with one attached hydrogen (secondary N) is 2. The van der Waals surface area contributed by atoms with E-state index in [1.165, 1.54) is 6.92 Å². The van der Waals surface area contributed by atoms with Crippen LogP contribution in [0.1, 0.15) is 65.6 Å². The molecule has 0 radical (unpaired) electrons. The molecule has 2 atom stereocenters. The van der Waals surface area contributed by atoms with E-state index >= 15 is 0 Å². The molecule has 1 aromatic rings. The number of amides is 3. The van der Waals surface area contributed by atoms with Gasteiger partial charge in [-0.15, -0.1) is 0 Å². The van der Waals surface area contributed by atoms with Crippen molar-refractivity contribution < 1.29 is 19.1 Å². The highest BCUT2D eigenvalue weighted by Crippen LogP contribution is 2.23. The second-order valence-corrected chi connectivity index (χ2v) is 9.26. The van der Waals surface area contributed by atoms with E-state index in [-0.39, 0.29) is 0 Å². The van der Waals surface area contributed by atoms with Gasteiger partial charge in [0, 0.05) is 11.6 Å². The summed E-state index contributed by atoms with van der Waals surface area (Å²) in [6.07, 6.45) is 4.90. The molecule has 0 aliphatic carbocycles. The van der Waals surface area contributed by atoms with Crippen LogP contribution in [0.25, 0.3) is 0 Å². The Labute approximate surface area is 179 Å². The van der Waals surface area contributed by atoms with E-state index in [1.807, 2.05) is 39.8 Å². The van der Waals surface area contributed by atoms with E-state index in [1.54, 1.807) is 32.9 Å². The summed E-state index contributed by atoms with van der Waals surface area (Å²) in [5, 5.41) is 5.35. The zero-order valence-electron chi connectivity index (χ0n) is 19.1. The number of nitrogens with zero attached hydrogens (tertiary/aromatic N) is 1. The molecule has 2 N–H and O–H groups in total. The minimum absolute atomic E-state index is 0.415. The van der Waals surface area contributed by atoms with Gasteiger partial charge in [-0.2, -0.15) is 0 Å². The molecule has 7 heteroatoms. The van der Waals surface area contributed by atoms with Gasteiger partial charge in [0.15, 0.2) is 0 Å². The summed E-state index contributed by atoms with van der Waals surface area (Å²) >= 11 is 0. The van der Waals surface area contributed by atoms with Crippen molar-refractivity contribution in [3.05, 3.63) is 35.4 Å². The molecule has 0 aromatic heterocycles. The van der Waals surface area contributed by atoms with E-state index in [4.69, 9.17) is 11.2 Å². The van der Waals surface area contributed by atoms with Gasteiger partial charge in [0.2, 0.25) is 5.91 Å². The van der Waals surface area contributed by atoms with Crippen molar-refractivity contribution in [3.8, 4) is 12.5 Å². The fourth-order valence-electron chi connectivity index (χ4n) is 2.62. The molecule has 2 unspecified atom stereocenters. The molecule has 1 aromatic carbocycles. The van der Waals surface area contributed by atoms with Gasteiger partial charge < -0.3 is 15.4 Å². The second-order valence-electron chi connectivity index (χ2n) is 9.26. The summed E-state index contributed by atoms with van der Waals surface area (Å²) in [5.74, 6) is -1.01. The Balaban J connectivity index is 3.20. The van der Waals surface area contributed by atoms with E-state index in [9.17, 15) is 14.4 Å². The average molecular weight is 416 g/mol. The van der Waals surface area contributed by atoms with Crippen molar-refractivity contribution in [3.63, 3.8) is 0 Å². The minimum atomic E-state index is -1.05. The van der Waals surface area contributed by atoms with Crippen LogP contribution >= 0.6 is 0 Å². The molecule has 164 valence electrons. The number of carbonyl (C=O) groups excluding carboxylic acids is 3. The number of ether oxygens (including phenoxy) is 1. The first-order chi connectivity index (χ1) is 13.6. The van der Waals surface area contributed by atoms with Crippen LogP contribution in [-0.4, -0.2) is 40.0 Å². The predicted molar refractivity (Wildman–Crippen MR) is 116 cm³/mol. The number of benzene rings is 1. The molecule has 0 spiro atoms. The van der Waals surface area contributed by atoms with Gasteiger partial charge in [-0.1, -0.05) is 36.3 Å². The molecular formula is C23H33N3O4. The van der Waals surface area contributed by atoms with Gasteiger partial charge in [-0.25, -0.2) is 4.79 Å². The maximum absolute atomic E-state index is 13.1. The lowest BCUT2D eigenvalue weighted by molar-refractivity contribution is -0.138. The van der Waals surface area contributed by atoms with Gasteiger partial charge in [-0.05, 0) is 61.0 Å². The van der Waals surface area contributed by atoms with E-state index < -0.39 is 41.1 Å². The number of terminal acetylenes is 1. The van der Waals surface area contributed by atoms with Crippen molar-refractivity contribution >= 4 is 17.9 Å². The van der Waals surface area contributed by atoms with Gasteiger partial charge in [0.25, 0.3) is 5.91 Å². The largest absolute Gasteiger partial charge is 0.444 e. The zero-order valence-corrected chi connectivity index (χ0v) is 19.1. The Morgan fingerprint density at radius 3 is 2.03 bits per heavy atom. The molecule has 0 aliphatic heterocycles. The molecule has 0 bridgehead atoms. The van der Waals surface area contributed by atoms with Crippen molar-refractivity contribution in [2.24, 2.45) is 0 Å². The smallest absolute Gasteiger partial charge is 0.408 e. The first-order valence-electron chi connectivity index (χ1n) is 9.82. The zero-order chi connectivity index (χ0) is 23.3. The highest BCUT2D eigenvalue weighted by molar-refractivity contribution is 5.93. The monoisotopic (exact) mass is 415 g/mol. The van der Waals surface area contributed by atoms with Crippen molar-refractivity contribution in [2.75, 3.05) is 0 Å². The van der Waals surface area contributed by atoms with Crippen LogP contribution in [0.5, 0.6) is 0 Å². The maximum Gasteiger partial charge on any atom is 0.408 e. The van der Waals surface area contributed by atoms with Crippen LogP contribution < -0.4 is 10.6 Å². The van der Waals surface area contributed by atoms with E-state index in [0.29, 0.717) is 5.56 Å². The first kappa shape index (κ1) is 25.0. The normalized spacial score (nSPS) is 13.4. The average Bonchev–Trinajstić information content (AvgIpc) is 2.56. The number of hydrogen-bond donors (Lipinski definition) is 2. The number of carbonyl (C=O) groups is 3. The van der Waals surface area contributed by atoms with Crippen molar-refractivity contribution in [1.82, 2.24) is 15.5 Å². The lowest BCUT2D eigenvalue weighted by atomic mass is 10.0. The van der Waals surface area contributed by atoms with Gasteiger partial charge in [0.05, 0.1) is 0 Å². The second kappa shape index (κ2) is 9.66. The summed E-state index contributed by atoms with van der Waals surface area (Å²) in [6, 6.07) is 7.46. The number of alkyl carbamates (subject to hydrolysis) is 1. The van der Waals surface area contributed by atoms with Crippen LogP contribution in [0, 0.1) is 19.4 Å². The van der Waals surface area contributed by atoms with E-state index in [2.05, 4.69) is 16.7 Å². The molecule has 1 rings (SSSR count).